The van der Waals surface area contributed by atoms with E-state index < -0.39 is 9.84 Å². The Hall–Kier alpha value is -0.850. The average Bonchev–Trinajstić information content (AvgIpc) is 2.56. The highest BCUT2D eigenvalue weighted by atomic mass is 32.2. The van der Waals surface area contributed by atoms with Crippen LogP contribution in [0, 0.1) is 6.92 Å². The van der Waals surface area contributed by atoms with Gasteiger partial charge in [0, 0.05) is 18.7 Å². The zero-order valence-electron chi connectivity index (χ0n) is 10.7. The molecule has 0 amide bonds. The minimum atomic E-state index is -2.84. The number of furan rings is 1. The van der Waals surface area contributed by atoms with Crippen molar-refractivity contribution in [3.8, 4) is 0 Å². The van der Waals surface area contributed by atoms with E-state index in [2.05, 4.69) is 4.90 Å². The number of nitrogens with two attached hydrogens (primary N) is 1. The summed E-state index contributed by atoms with van der Waals surface area (Å²) in [6, 6.07) is 1.97. The second-order valence-corrected chi connectivity index (χ2v) is 7.08. The summed E-state index contributed by atoms with van der Waals surface area (Å²) in [7, 11) is -2.84. The van der Waals surface area contributed by atoms with E-state index in [1.165, 1.54) is 0 Å². The van der Waals surface area contributed by atoms with Gasteiger partial charge in [0.15, 0.2) is 9.84 Å². The first-order valence-electron chi connectivity index (χ1n) is 6.21. The molecule has 5 nitrogen and oxygen atoms in total. The predicted molar refractivity (Wildman–Crippen MR) is 69.9 cm³/mol. The van der Waals surface area contributed by atoms with Crippen LogP contribution in [0.3, 0.4) is 0 Å². The van der Waals surface area contributed by atoms with Crippen molar-refractivity contribution in [2.75, 3.05) is 24.6 Å². The van der Waals surface area contributed by atoms with Gasteiger partial charge in [0.2, 0.25) is 0 Å². The van der Waals surface area contributed by atoms with Gasteiger partial charge < -0.3 is 10.2 Å². The molecule has 1 aliphatic heterocycles. The molecule has 6 heteroatoms. The minimum Gasteiger partial charge on any atom is -0.465 e. The largest absolute Gasteiger partial charge is 0.465 e. The van der Waals surface area contributed by atoms with Crippen molar-refractivity contribution < 1.29 is 12.8 Å². The number of rotatable bonds is 3. The van der Waals surface area contributed by atoms with Gasteiger partial charge in [-0.05, 0) is 26.0 Å². The molecule has 1 aromatic rings. The molecule has 2 heterocycles. The lowest BCUT2D eigenvalue weighted by Crippen LogP contribution is -2.26. The maximum Gasteiger partial charge on any atom is 0.151 e. The van der Waals surface area contributed by atoms with Gasteiger partial charge in [0.05, 0.1) is 18.1 Å². The van der Waals surface area contributed by atoms with Gasteiger partial charge in [-0.15, -0.1) is 0 Å². The first-order valence-corrected chi connectivity index (χ1v) is 8.03. The maximum absolute atomic E-state index is 11.5. The Bertz CT molecular complexity index is 507. The molecule has 0 aromatic carbocycles. The van der Waals surface area contributed by atoms with Crippen LogP contribution in [0.5, 0.6) is 0 Å². The van der Waals surface area contributed by atoms with Crippen LogP contribution in [0.15, 0.2) is 10.5 Å². The van der Waals surface area contributed by atoms with Gasteiger partial charge >= 0.3 is 0 Å². The Balaban J connectivity index is 2.00. The number of hydrogen-bond donors (Lipinski definition) is 1. The van der Waals surface area contributed by atoms with E-state index in [-0.39, 0.29) is 5.75 Å². The first kappa shape index (κ1) is 13.6. The van der Waals surface area contributed by atoms with E-state index in [4.69, 9.17) is 10.2 Å². The Morgan fingerprint density at radius 2 is 2.17 bits per heavy atom. The molecule has 1 aromatic heterocycles. The van der Waals surface area contributed by atoms with Crippen LogP contribution in [0.2, 0.25) is 0 Å². The zero-order chi connectivity index (χ0) is 13.2. The molecule has 0 saturated carbocycles. The molecule has 0 radical (unpaired) electrons. The smallest absolute Gasteiger partial charge is 0.151 e. The molecule has 102 valence electrons. The van der Waals surface area contributed by atoms with Gasteiger partial charge in [-0.1, -0.05) is 0 Å². The topological polar surface area (TPSA) is 76.5 Å². The highest BCUT2D eigenvalue weighted by molar-refractivity contribution is 7.91. The zero-order valence-corrected chi connectivity index (χ0v) is 11.5. The van der Waals surface area contributed by atoms with Crippen molar-refractivity contribution in [3.05, 3.63) is 23.2 Å². The molecular formula is C12H20N2O3S. The summed E-state index contributed by atoms with van der Waals surface area (Å²) in [5, 5.41) is 0. The van der Waals surface area contributed by atoms with Gasteiger partial charge in [-0.2, -0.15) is 0 Å². The van der Waals surface area contributed by atoms with Gasteiger partial charge in [-0.25, -0.2) is 8.42 Å². The standard InChI is InChI=1S/C12H20N2O3S/c1-10-11(8-13)7-12(17-10)9-14-3-2-5-18(15,16)6-4-14/h7H,2-6,8-9,13H2,1H3. The third-order valence-electron chi connectivity index (χ3n) is 3.32. The van der Waals surface area contributed by atoms with Crippen LogP contribution >= 0.6 is 0 Å². The first-order chi connectivity index (χ1) is 8.50. The molecule has 1 aliphatic rings. The van der Waals surface area contributed by atoms with E-state index in [1.807, 2.05) is 13.0 Å². The van der Waals surface area contributed by atoms with E-state index >= 15 is 0 Å². The monoisotopic (exact) mass is 272 g/mol. The molecule has 0 aliphatic carbocycles. The summed E-state index contributed by atoms with van der Waals surface area (Å²) in [6.45, 7) is 4.43. The van der Waals surface area contributed by atoms with E-state index in [9.17, 15) is 8.42 Å². The van der Waals surface area contributed by atoms with E-state index in [1.54, 1.807) is 0 Å². The summed E-state index contributed by atoms with van der Waals surface area (Å²) in [4.78, 5) is 2.13. The Morgan fingerprint density at radius 1 is 1.39 bits per heavy atom. The van der Waals surface area contributed by atoms with Crippen LogP contribution < -0.4 is 5.73 Å². The van der Waals surface area contributed by atoms with E-state index in [0.29, 0.717) is 31.8 Å². The number of hydrogen-bond acceptors (Lipinski definition) is 5. The van der Waals surface area contributed by atoms with Crippen molar-refractivity contribution in [1.82, 2.24) is 4.90 Å². The fourth-order valence-electron chi connectivity index (χ4n) is 2.24. The number of aryl methyl sites for hydroxylation is 1. The third kappa shape index (κ3) is 3.34. The Labute approximate surface area is 108 Å². The summed E-state index contributed by atoms with van der Waals surface area (Å²) < 4.78 is 28.6. The molecule has 0 unspecified atom stereocenters. The van der Waals surface area contributed by atoms with E-state index in [0.717, 1.165) is 23.6 Å². The van der Waals surface area contributed by atoms with Crippen LogP contribution in [-0.2, 0) is 22.9 Å². The highest BCUT2D eigenvalue weighted by Gasteiger charge is 2.20. The molecule has 18 heavy (non-hydrogen) atoms. The predicted octanol–water partition coefficient (Wildman–Crippen LogP) is 0.667. The minimum absolute atomic E-state index is 0.246. The average molecular weight is 272 g/mol. The Morgan fingerprint density at radius 3 is 2.83 bits per heavy atom. The quantitative estimate of drug-likeness (QED) is 0.875. The van der Waals surface area contributed by atoms with Crippen LogP contribution in [0.1, 0.15) is 23.5 Å². The lowest BCUT2D eigenvalue weighted by molar-refractivity contribution is 0.260. The summed E-state index contributed by atoms with van der Waals surface area (Å²) in [5.74, 6) is 2.27. The second-order valence-electron chi connectivity index (χ2n) is 4.78. The summed E-state index contributed by atoms with van der Waals surface area (Å²) in [5.41, 5.74) is 6.63. The molecule has 1 fully saturated rings. The van der Waals surface area contributed by atoms with Crippen molar-refractivity contribution in [2.24, 2.45) is 5.73 Å². The fraction of sp³-hybridized carbons (Fsp3) is 0.667. The number of sulfone groups is 1. The van der Waals surface area contributed by atoms with Gasteiger partial charge in [0.1, 0.15) is 11.5 Å². The van der Waals surface area contributed by atoms with Crippen LogP contribution in [0.25, 0.3) is 0 Å². The molecule has 0 bridgehead atoms. The maximum atomic E-state index is 11.5. The molecular weight excluding hydrogens is 252 g/mol. The van der Waals surface area contributed by atoms with Crippen LogP contribution in [0.4, 0.5) is 0 Å². The SMILES string of the molecule is Cc1oc(CN2CCCS(=O)(=O)CC2)cc1CN. The molecule has 0 atom stereocenters. The Kier molecular flexibility index (Phi) is 4.09. The fourth-order valence-corrected chi connectivity index (χ4v) is 3.55. The van der Waals surface area contributed by atoms with Crippen molar-refractivity contribution in [3.63, 3.8) is 0 Å². The van der Waals surface area contributed by atoms with Crippen molar-refractivity contribution >= 4 is 9.84 Å². The second kappa shape index (κ2) is 5.42. The van der Waals surface area contributed by atoms with Gasteiger partial charge in [0.25, 0.3) is 0 Å². The highest BCUT2D eigenvalue weighted by Crippen LogP contribution is 2.17. The molecule has 2 N–H and O–H groups in total. The summed E-state index contributed by atoms with van der Waals surface area (Å²) >= 11 is 0. The molecule has 1 saturated heterocycles. The van der Waals surface area contributed by atoms with Crippen molar-refractivity contribution in [1.29, 1.82) is 0 Å². The lowest BCUT2D eigenvalue weighted by Gasteiger charge is -2.17. The third-order valence-corrected chi connectivity index (χ3v) is 5.03. The van der Waals surface area contributed by atoms with Gasteiger partial charge in [-0.3, -0.25) is 4.90 Å². The number of nitrogens with zero attached hydrogens (tertiary/aromatic N) is 1. The van der Waals surface area contributed by atoms with Crippen molar-refractivity contribution in [2.45, 2.75) is 26.4 Å². The summed E-state index contributed by atoms with van der Waals surface area (Å²) in [6.07, 6.45) is 0.700. The van der Waals surface area contributed by atoms with Crippen LogP contribution in [-0.4, -0.2) is 37.9 Å². The molecule has 2 rings (SSSR count). The lowest BCUT2D eigenvalue weighted by atomic mass is 10.2. The molecule has 0 spiro atoms. The normalized spacial score (nSPS) is 20.8.